The van der Waals surface area contributed by atoms with Crippen LogP contribution in [0.25, 0.3) is 0 Å². The lowest BCUT2D eigenvalue weighted by Gasteiger charge is -2.61. The second kappa shape index (κ2) is 6.62. The molecule has 4 rings (SSSR count). The Morgan fingerprint density at radius 2 is 1.81 bits per heavy atom. The molecule has 2 aliphatic carbocycles. The van der Waals surface area contributed by atoms with E-state index in [1.54, 1.807) is 0 Å². The lowest BCUT2D eigenvalue weighted by molar-refractivity contribution is -0.164. The van der Waals surface area contributed by atoms with Gasteiger partial charge in [-0.3, -0.25) is 0 Å². The summed E-state index contributed by atoms with van der Waals surface area (Å²) in [6.07, 6.45) is 7.57. The van der Waals surface area contributed by atoms with E-state index in [0.29, 0.717) is 11.3 Å². The van der Waals surface area contributed by atoms with E-state index in [1.807, 2.05) is 6.07 Å². The Hall–Kier alpha value is -1.35. The number of nitrogens with zero attached hydrogens (tertiary/aromatic N) is 1. The molecule has 3 nitrogen and oxygen atoms in total. The lowest BCUT2D eigenvalue weighted by atomic mass is 9.45. The monoisotopic (exact) mass is 369 g/mol. The second-order valence-electron chi connectivity index (χ2n) is 10.4. The molecule has 148 valence electrons. The summed E-state index contributed by atoms with van der Waals surface area (Å²) >= 11 is 0. The van der Waals surface area contributed by atoms with Gasteiger partial charge >= 0.3 is 0 Å². The summed E-state index contributed by atoms with van der Waals surface area (Å²) in [7, 11) is 0. The summed E-state index contributed by atoms with van der Waals surface area (Å²) in [5.41, 5.74) is 2.24. The van der Waals surface area contributed by atoms with E-state index in [-0.39, 0.29) is 17.4 Å². The third kappa shape index (κ3) is 3.33. The third-order valence-electron chi connectivity index (χ3n) is 8.10. The Kier molecular flexibility index (Phi) is 4.65. The standard InChI is InChI=1S/C24H35NO2/c1-22(2)12-8-13-23(3)20(22)11-14-24(4,26)21(23)16-18-15-19(27-25-18)17-9-6-5-7-10-17/h5-7,9-10,19-21,26H,8,11-16H2,1-4H3/t19-,20-,21+,23-,24+/m0/s1. The van der Waals surface area contributed by atoms with E-state index in [4.69, 9.17) is 4.84 Å². The smallest absolute Gasteiger partial charge is 0.157 e. The van der Waals surface area contributed by atoms with Crippen molar-refractivity contribution in [1.82, 2.24) is 0 Å². The Balaban J connectivity index is 1.54. The first-order valence-electron chi connectivity index (χ1n) is 10.7. The molecule has 1 aliphatic heterocycles. The molecule has 0 radical (unpaired) electrons. The number of benzene rings is 1. The highest BCUT2D eigenvalue weighted by atomic mass is 16.6. The molecule has 0 spiro atoms. The first kappa shape index (κ1) is 19.0. The zero-order valence-electron chi connectivity index (χ0n) is 17.4. The minimum Gasteiger partial charge on any atom is -0.390 e. The number of fused-ring (bicyclic) bond motifs is 1. The van der Waals surface area contributed by atoms with Gasteiger partial charge < -0.3 is 9.94 Å². The Labute approximate surface area is 164 Å². The molecule has 1 aromatic carbocycles. The number of hydrogen-bond acceptors (Lipinski definition) is 3. The van der Waals surface area contributed by atoms with E-state index in [0.717, 1.165) is 31.4 Å². The molecule has 27 heavy (non-hydrogen) atoms. The molecular weight excluding hydrogens is 334 g/mol. The molecular formula is C24H35NO2. The van der Waals surface area contributed by atoms with Gasteiger partial charge in [0.2, 0.25) is 0 Å². The maximum Gasteiger partial charge on any atom is 0.157 e. The Morgan fingerprint density at radius 3 is 2.56 bits per heavy atom. The predicted molar refractivity (Wildman–Crippen MR) is 110 cm³/mol. The molecule has 1 N–H and O–H groups in total. The van der Waals surface area contributed by atoms with Crippen molar-refractivity contribution in [3.8, 4) is 0 Å². The van der Waals surface area contributed by atoms with Gasteiger partial charge in [-0.15, -0.1) is 0 Å². The van der Waals surface area contributed by atoms with E-state index in [1.165, 1.54) is 24.8 Å². The van der Waals surface area contributed by atoms with Crippen molar-refractivity contribution >= 4 is 5.71 Å². The van der Waals surface area contributed by atoms with Crippen LogP contribution < -0.4 is 0 Å². The van der Waals surface area contributed by atoms with Crippen molar-refractivity contribution in [1.29, 1.82) is 0 Å². The molecule has 3 aliphatic rings. The minimum atomic E-state index is -0.619. The predicted octanol–water partition coefficient (Wildman–Crippen LogP) is 5.89. The van der Waals surface area contributed by atoms with Crippen LogP contribution in [0, 0.1) is 22.7 Å². The van der Waals surface area contributed by atoms with Gasteiger partial charge in [-0.2, -0.15) is 0 Å². The first-order chi connectivity index (χ1) is 12.7. The van der Waals surface area contributed by atoms with Crippen molar-refractivity contribution in [3.05, 3.63) is 35.9 Å². The molecule has 2 fully saturated rings. The van der Waals surface area contributed by atoms with Gasteiger partial charge in [0.1, 0.15) is 0 Å². The van der Waals surface area contributed by atoms with Gasteiger partial charge in [0.15, 0.2) is 6.10 Å². The Morgan fingerprint density at radius 1 is 1.07 bits per heavy atom. The average Bonchev–Trinajstić information content (AvgIpc) is 3.07. The molecule has 5 atom stereocenters. The normalized spacial score (nSPS) is 40.8. The van der Waals surface area contributed by atoms with Crippen molar-refractivity contribution in [2.75, 3.05) is 0 Å². The zero-order valence-corrected chi connectivity index (χ0v) is 17.4. The summed E-state index contributed by atoms with van der Waals surface area (Å²) in [6.45, 7) is 9.38. The SMILES string of the molecule is CC1(C)CCC[C@]2(C)[C@@H](CC3=NO[C@H](c4ccccc4)C3)[C@](C)(O)CC[C@@H]12. The zero-order chi connectivity index (χ0) is 19.3. The van der Waals surface area contributed by atoms with Crippen LogP contribution in [0.2, 0.25) is 0 Å². The van der Waals surface area contributed by atoms with Gasteiger partial charge in [-0.25, -0.2) is 0 Å². The molecule has 0 bridgehead atoms. The lowest BCUT2D eigenvalue weighted by Crippen LogP contribution is -2.58. The number of rotatable bonds is 3. The van der Waals surface area contributed by atoms with Gasteiger partial charge in [0.25, 0.3) is 0 Å². The van der Waals surface area contributed by atoms with Gasteiger partial charge in [-0.1, -0.05) is 62.7 Å². The fourth-order valence-electron chi connectivity index (χ4n) is 6.71. The largest absolute Gasteiger partial charge is 0.390 e. The van der Waals surface area contributed by atoms with Crippen LogP contribution in [0.3, 0.4) is 0 Å². The maximum absolute atomic E-state index is 11.4. The molecule has 0 amide bonds. The highest BCUT2D eigenvalue weighted by molar-refractivity contribution is 5.86. The molecule has 0 unspecified atom stereocenters. The van der Waals surface area contributed by atoms with E-state index in [2.05, 4.69) is 57.1 Å². The van der Waals surface area contributed by atoms with E-state index < -0.39 is 5.60 Å². The van der Waals surface area contributed by atoms with E-state index in [9.17, 15) is 5.11 Å². The molecule has 1 heterocycles. The summed E-state index contributed by atoms with van der Waals surface area (Å²) < 4.78 is 0. The summed E-state index contributed by atoms with van der Waals surface area (Å²) in [5.74, 6) is 0.928. The van der Waals surface area contributed by atoms with Crippen molar-refractivity contribution in [3.63, 3.8) is 0 Å². The van der Waals surface area contributed by atoms with Crippen molar-refractivity contribution < 1.29 is 9.94 Å². The topological polar surface area (TPSA) is 41.8 Å². The van der Waals surface area contributed by atoms with Gasteiger partial charge in [0, 0.05) is 6.42 Å². The second-order valence-corrected chi connectivity index (χ2v) is 10.4. The summed E-state index contributed by atoms with van der Waals surface area (Å²) in [4.78, 5) is 5.78. The molecule has 0 saturated heterocycles. The van der Waals surface area contributed by atoms with Crippen LogP contribution in [0.1, 0.15) is 84.3 Å². The summed E-state index contributed by atoms with van der Waals surface area (Å²) in [5, 5.41) is 15.8. The number of hydrogen-bond donors (Lipinski definition) is 1. The van der Waals surface area contributed by atoms with Crippen LogP contribution in [-0.4, -0.2) is 16.4 Å². The van der Waals surface area contributed by atoms with Crippen LogP contribution in [0.5, 0.6) is 0 Å². The van der Waals surface area contributed by atoms with Crippen LogP contribution in [0.4, 0.5) is 0 Å². The fourth-order valence-corrected chi connectivity index (χ4v) is 6.71. The highest BCUT2D eigenvalue weighted by Crippen LogP contribution is 2.63. The third-order valence-corrected chi connectivity index (χ3v) is 8.10. The maximum atomic E-state index is 11.4. The van der Waals surface area contributed by atoms with Gasteiger partial charge in [0.05, 0.1) is 11.3 Å². The molecule has 3 heteroatoms. The fraction of sp³-hybridized carbons (Fsp3) is 0.708. The van der Waals surface area contributed by atoms with Crippen molar-refractivity contribution in [2.45, 2.75) is 84.3 Å². The Bertz CT molecular complexity index is 708. The summed E-state index contributed by atoms with van der Waals surface area (Å²) in [6, 6.07) is 10.4. The average molecular weight is 370 g/mol. The molecule has 1 aromatic rings. The quantitative estimate of drug-likeness (QED) is 0.722. The van der Waals surface area contributed by atoms with Crippen LogP contribution in [-0.2, 0) is 4.84 Å². The first-order valence-corrected chi connectivity index (χ1v) is 10.7. The molecule has 0 aromatic heterocycles. The number of aliphatic hydroxyl groups is 1. The minimum absolute atomic E-state index is 0.0288. The van der Waals surface area contributed by atoms with Crippen LogP contribution in [0.15, 0.2) is 35.5 Å². The van der Waals surface area contributed by atoms with Crippen LogP contribution >= 0.6 is 0 Å². The van der Waals surface area contributed by atoms with Gasteiger partial charge in [-0.05, 0) is 67.3 Å². The van der Waals surface area contributed by atoms with Crippen molar-refractivity contribution in [2.24, 2.45) is 27.8 Å². The number of oxime groups is 1. The molecule has 2 saturated carbocycles. The highest BCUT2D eigenvalue weighted by Gasteiger charge is 2.58. The van der Waals surface area contributed by atoms with E-state index >= 15 is 0 Å².